The van der Waals surface area contributed by atoms with Gasteiger partial charge in [-0.25, -0.2) is 4.79 Å². The van der Waals surface area contributed by atoms with E-state index in [0.717, 1.165) is 0 Å². The monoisotopic (exact) mass is 174 g/mol. The molecule has 0 fully saturated rings. The van der Waals surface area contributed by atoms with E-state index in [1.54, 1.807) is 5.87 Å². The second kappa shape index (κ2) is 4.22. The quantitative estimate of drug-likeness (QED) is 0.219. The van der Waals surface area contributed by atoms with Crippen LogP contribution in [-0.4, -0.2) is 23.1 Å². The van der Waals surface area contributed by atoms with Gasteiger partial charge in [-0.3, -0.25) is 5.87 Å². The van der Waals surface area contributed by atoms with Gasteiger partial charge in [-0.2, -0.15) is 0 Å². The third-order valence-electron chi connectivity index (χ3n) is 0.715. The van der Waals surface area contributed by atoms with Gasteiger partial charge in [0.25, 0.3) is 0 Å². The first-order chi connectivity index (χ1) is 4.63. The molecule has 10 heavy (non-hydrogen) atoms. The fourth-order valence-corrected chi connectivity index (χ4v) is 0.553. The van der Waals surface area contributed by atoms with Gasteiger partial charge in [-0.05, 0) is 0 Å². The minimum atomic E-state index is -0.748. The van der Waals surface area contributed by atoms with Gasteiger partial charge in [-0.15, -0.1) is 12.6 Å². The van der Waals surface area contributed by atoms with Crippen LogP contribution in [-0.2, 0) is 9.53 Å². The highest BCUT2D eigenvalue weighted by Crippen LogP contribution is 1.99. The summed E-state index contributed by atoms with van der Waals surface area (Å²) in [6.07, 6.45) is 0. The summed E-state index contributed by atoms with van der Waals surface area (Å²) in [7, 11) is 1.17. The molecule has 0 aliphatic heterocycles. The Hall–Kier alpha value is -0.640. The van der Waals surface area contributed by atoms with E-state index >= 15 is 0 Å². The molecular formula is C5H4NO2S2-. The predicted molar refractivity (Wildman–Crippen MR) is 45.5 cm³/mol. The summed E-state index contributed by atoms with van der Waals surface area (Å²) >= 11 is 8.10. The molecule has 0 aliphatic carbocycles. The van der Waals surface area contributed by atoms with Crippen LogP contribution in [0, 0.1) is 0 Å². The molecule has 0 unspecified atom stereocenters. The standard InChI is InChI=1S/C5H4NO2S2/c1-8-4(7)3(2-6)5(9)10/h1H3,(H,9,10)/q-1. The van der Waals surface area contributed by atoms with Gasteiger partial charge in [0.1, 0.15) is 5.57 Å². The third kappa shape index (κ3) is 2.31. The first kappa shape index (κ1) is 9.36. The van der Waals surface area contributed by atoms with Gasteiger partial charge >= 0.3 is 5.97 Å². The van der Waals surface area contributed by atoms with E-state index in [1.807, 2.05) is 0 Å². The zero-order valence-corrected chi connectivity index (χ0v) is 6.83. The Labute approximate surface area is 69.0 Å². The fraction of sp³-hybridized carbons (Fsp3) is 0.200. The van der Waals surface area contributed by atoms with E-state index in [0.29, 0.717) is 0 Å². The normalized spacial score (nSPS) is 7.80. The van der Waals surface area contributed by atoms with Crippen molar-refractivity contribution in [2.24, 2.45) is 0 Å². The van der Waals surface area contributed by atoms with Crippen molar-refractivity contribution in [2.75, 3.05) is 7.11 Å². The van der Waals surface area contributed by atoms with Crippen molar-refractivity contribution in [1.29, 1.82) is 0 Å². The molecule has 0 aromatic carbocycles. The maximum Gasteiger partial charge on any atom is 0.345 e. The molecule has 0 rings (SSSR count). The first-order valence-electron chi connectivity index (χ1n) is 2.22. The second-order valence-electron chi connectivity index (χ2n) is 1.28. The molecule has 0 spiro atoms. The van der Waals surface area contributed by atoms with Crippen molar-refractivity contribution >= 4 is 40.9 Å². The van der Waals surface area contributed by atoms with Crippen LogP contribution in [0.2, 0.25) is 0 Å². The Bertz CT molecular complexity index is 218. The number of carbonyl (C=O) groups excluding carboxylic acids is 1. The smallest absolute Gasteiger partial charge is 0.345 e. The van der Waals surface area contributed by atoms with Gasteiger partial charge < -0.3 is 10.1 Å². The van der Waals surface area contributed by atoms with Crippen molar-refractivity contribution in [2.45, 2.75) is 0 Å². The molecule has 0 aromatic rings. The first-order valence-corrected chi connectivity index (χ1v) is 3.07. The Morgan fingerprint density at radius 1 is 1.80 bits per heavy atom. The van der Waals surface area contributed by atoms with Crippen molar-refractivity contribution < 1.29 is 9.53 Å². The molecule has 0 heterocycles. The average Bonchev–Trinajstić information content (AvgIpc) is 1.88. The second-order valence-corrected chi connectivity index (χ2v) is 2.44. The average molecular weight is 174 g/mol. The fourth-order valence-electron chi connectivity index (χ4n) is 0.283. The summed E-state index contributed by atoms with van der Waals surface area (Å²) in [6, 6.07) is 0. The lowest BCUT2D eigenvalue weighted by atomic mass is 10.3. The number of thiol groups is 1. The van der Waals surface area contributed by atoms with Gasteiger partial charge in [-0.1, -0.05) is 12.2 Å². The van der Waals surface area contributed by atoms with Crippen molar-refractivity contribution in [3.05, 3.63) is 11.0 Å². The van der Waals surface area contributed by atoms with Gasteiger partial charge in [0.05, 0.1) is 11.3 Å². The van der Waals surface area contributed by atoms with Crippen LogP contribution in [0.5, 0.6) is 0 Å². The van der Waals surface area contributed by atoms with E-state index in [-0.39, 0.29) is 9.77 Å². The van der Waals surface area contributed by atoms with Crippen molar-refractivity contribution in [3.8, 4) is 0 Å². The SMILES string of the molecule is COC(=O)C(=C=[N-])C(=S)S. The van der Waals surface area contributed by atoms with E-state index in [4.69, 9.17) is 5.41 Å². The lowest BCUT2D eigenvalue weighted by Crippen LogP contribution is -2.09. The summed E-state index contributed by atoms with van der Waals surface area (Å²) < 4.78 is 4.18. The van der Waals surface area contributed by atoms with Crippen molar-refractivity contribution in [3.63, 3.8) is 0 Å². The maximum absolute atomic E-state index is 10.6. The summed E-state index contributed by atoms with van der Waals surface area (Å²) in [5.74, 6) is 0.829. The van der Waals surface area contributed by atoms with Crippen LogP contribution in [0.25, 0.3) is 5.41 Å². The van der Waals surface area contributed by atoms with Crippen LogP contribution < -0.4 is 0 Å². The lowest BCUT2D eigenvalue weighted by Gasteiger charge is -1.98. The largest absolute Gasteiger partial charge is 0.763 e. The molecule has 0 bridgehead atoms. The predicted octanol–water partition coefficient (Wildman–Crippen LogP) is 0.582. The number of esters is 1. The van der Waals surface area contributed by atoms with E-state index in [1.165, 1.54) is 7.11 Å². The molecule has 0 saturated carbocycles. The number of hydrogen-bond donors (Lipinski definition) is 1. The summed E-state index contributed by atoms with van der Waals surface area (Å²) in [6.45, 7) is 0. The molecule has 0 saturated heterocycles. The van der Waals surface area contributed by atoms with Crippen LogP contribution >= 0.6 is 24.8 Å². The van der Waals surface area contributed by atoms with Gasteiger partial charge in [0, 0.05) is 0 Å². The number of rotatable bonds is 2. The van der Waals surface area contributed by atoms with Crippen LogP contribution in [0.4, 0.5) is 0 Å². The minimum Gasteiger partial charge on any atom is -0.763 e. The minimum absolute atomic E-state index is 0.0469. The highest BCUT2D eigenvalue weighted by atomic mass is 32.1. The number of ether oxygens (including phenoxy) is 1. The third-order valence-corrected chi connectivity index (χ3v) is 1.14. The zero-order chi connectivity index (χ0) is 8.15. The zero-order valence-electron chi connectivity index (χ0n) is 5.12. The number of methoxy groups -OCH3 is 1. The highest BCUT2D eigenvalue weighted by Gasteiger charge is 2.08. The molecule has 54 valence electrons. The van der Waals surface area contributed by atoms with Gasteiger partial charge in [0.2, 0.25) is 0 Å². The lowest BCUT2D eigenvalue weighted by molar-refractivity contribution is -0.135. The molecule has 3 nitrogen and oxygen atoms in total. The van der Waals surface area contributed by atoms with Crippen molar-refractivity contribution in [1.82, 2.24) is 0 Å². The van der Waals surface area contributed by atoms with E-state index < -0.39 is 5.97 Å². The van der Waals surface area contributed by atoms with Crippen LogP contribution in [0.3, 0.4) is 0 Å². The molecule has 0 N–H and O–H groups in total. The Morgan fingerprint density at radius 2 is 2.30 bits per heavy atom. The Kier molecular flexibility index (Phi) is 3.95. The maximum atomic E-state index is 10.6. The van der Waals surface area contributed by atoms with Crippen LogP contribution in [0.1, 0.15) is 0 Å². The molecule has 5 heteroatoms. The number of hydrogen-bond acceptors (Lipinski definition) is 3. The summed E-state index contributed by atoms with van der Waals surface area (Å²) in [5.41, 5.74) is -0.235. The highest BCUT2D eigenvalue weighted by molar-refractivity contribution is 8.12. The number of thiocarbonyl (C=S) groups is 1. The molecule has 0 amide bonds. The number of nitrogens with zero attached hydrogens (tertiary/aromatic N) is 1. The molecule has 0 atom stereocenters. The summed E-state index contributed by atoms with van der Waals surface area (Å²) in [5, 5.41) is 8.27. The van der Waals surface area contributed by atoms with Gasteiger partial charge in [0.15, 0.2) is 0 Å². The summed E-state index contributed by atoms with van der Waals surface area (Å²) in [4.78, 5) is 10.6. The molecular weight excluding hydrogens is 170 g/mol. The topological polar surface area (TPSA) is 48.6 Å². The number of carbonyl (C=O) groups is 1. The van der Waals surface area contributed by atoms with E-state index in [9.17, 15) is 4.79 Å². The van der Waals surface area contributed by atoms with Crippen LogP contribution in [0.15, 0.2) is 5.57 Å². The Balaban J connectivity index is 4.56. The molecule has 0 radical (unpaired) electrons. The van der Waals surface area contributed by atoms with E-state index in [2.05, 4.69) is 29.6 Å². The molecule has 0 aliphatic rings. The molecule has 0 aromatic heterocycles. The Morgan fingerprint density at radius 3 is 2.40 bits per heavy atom.